The zero-order valence-corrected chi connectivity index (χ0v) is 11.5. The molecule has 1 heterocycles. The molecule has 6 heteroatoms. The van der Waals surface area contributed by atoms with E-state index in [1.807, 2.05) is 0 Å². The first-order valence-electron chi connectivity index (χ1n) is 6.11. The molecule has 3 aromatic rings. The number of anilines is 1. The molecule has 0 fully saturated rings. The van der Waals surface area contributed by atoms with Gasteiger partial charge in [0.05, 0.1) is 11.1 Å². The zero-order chi connectivity index (χ0) is 15.0. The van der Waals surface area contributed by atoms with Crippen molar-refractivity contribution in [1.82, 2.24) is 4.98 Å². The van der Waals surface area contributed by atoms with Crippen molar-refractivity contribution in [1.29, 1.82) is 0 Å². The van der Waals surface area contributed by atoms with Gasteiger partial charge in [-0.3, -0.25) is 0 Å². The summed E-state index contributed by atoms with van der Waals surface area (Å²) in [7, 11) is 0. The van der Waals surface area contributed by atoms with Crippen LogP contribution in [0.5, 0.6) is 0 Å². The molecule has 0 atom stereocenters. The molecule has 0 amide bonds. The number of pyridine rings is 1. The molecule has 0 saturated heterocycles. The SMILES string of the molecule is NNc1cc(-c2c(F)cccc2F)c2cc(Cl)ccc2n1. The Morgan fingerprint density at radius 3 is 2.43 bits per heavy atom. The van der Waals surface area contributed by atoms with E-state index < -0.39 is 11.6 Å². The molecule has 3 nitrogen and oxygen atoms in total. The fourth-order valence-electron chi connectivity index (χ4n) is 2.23. The fraction of sp³-hybridized carbons (Fsp3) is 0. The molecule has 0 radical (unpaired) electrons. The molecule has 2 aromatic carbocycles. The minimum absolute atomic E-state index is 0.135. The maximum Gasteiger partial charge on any atom is 0.141 e. The molecule has 21 heavy (non-hydrogen) atoms. The number of benzene rings is 2. The monoisotopic (exact) mass is 305 g/mol. The number of nitrogens with two attached hydrogens (primary N) is 1. The van der Waals surface area contributed by atoms with Crippen molar-refractivity contribution < 1.29 is 8.78 Å². The molecule has 0 bridgehead atoms. The van der Waals surface area contributed by atoms with Crippen LogP contribution in [0.3, 0.4) is 0 Å². The normalized spacial score (nSPS) is 10.9. The zero-order valence-electron chi connectivity index (χ0n) is 10.7. The van der Waals surface area contributed by atoms with Crippen molar-refractivity contribution >= 4 is 28.3 Å². The number of hydrogen-bond donors (Lipinski definition) is 2. The lowest BCUT2D eigenvalue weighted by molar-refractivity contribution is 0.590. The third-order valence-electron chi connectivity index (χ3n) is 3.15. The van der Waals surface area contributed by atoms with Crippen molar-refractivity contribution in [3.8, 4) is 11.1 Å². The first-order chi connectivity index (χ1) is 10.1. The smallest absolute Gasteiger partial charge is 0.141 e. The summed E-state index contributed by atoms with van der Waals surface area (Å²) in [5.41, 5.74) is 3.13. The van der Waals surface area contributed by atoms with Gasteiger partial charge in [0, 0.05) is 16.0 Å². The van der Waals surface area contributed by atoms with Crippen LogP contribution in [0.2, 0.25) is 5.02 Å². The van der Waals surface area contributed by atoms with Crippen LogP contribution in [0.1, 0.15) is 0 Å². The van der Waals surface area contributed by atoms with Crippen molar-refractivity contribution in [2.75, 3.05) is 5.43 Å². The molecule has 3 rings (SSSR count). The van der Waals surface area contributed by atoms with Gasteiger partial charge in [-0.25, -0.2) is 19.6 Å². The van der Waals surface area contributed by atoms with Gasteiger partial charge < -0.3 is 5.43 Å². The molecule has 0 unspecified atom stereocenters. The molecular formula is C15H10ClF2N3. The standard InChI is InChI=1S/C15H10ClF2N3/c16-8-4-5-13-9(6-8)10(7-14(20-13)21-19)15-11(17)2-1-3-12(15)18/h1-7H,19H2,(H,20,21). The topological polar surface area (TPSA) is 50.9 Å². The van der Waals surface area contributed by atoms with Crippen LogP contribution in [0, 0.1) is 11.6 Å². The highest BCUT2D eigenvalue weighted by Crippen LogP contribution is 2.34. The molecule has 106 valence electrons. The van der Waals surface area contributed by atoms with E-state index in [0.29, 0.717) is 27.3 Å². The second-order valence-electron chi connectivity index (χ2n) is 4.46. The third-order valence-corrected chi connectivity index (χ3v) is 3.39. The Morgan fingerprint density at radius 2 is 1.76 bits per heavy atom. The van der Waals surface area contributed by atoms with E-state index in [0.717, 1.165) is 0 Å². The average molecular weight is 306 g/mol. The summed E-state index contributed by atoms with van der Waals surface area (Å²) in [6.45, 7) is 0. The Morgan fingerprint density at radius 1 is 1.05 bits per heavy atom. The number of nitrogens with one attached hydrogen (secondary N) is 1. The number of halogens is 3. The highest BCUT2D eigenvalue weighted by molar-refractivity contribution is 6.31. The number of aromatic nitrogens is 1. The number of fused-ring (bicyclic) bond motifs is 1. The summed E-state index contributed by atoms with van der Waals surface area (Å²) in [6, 6.07) is 10.1. The summed E-state index contributed by atoms with van der Waals surface area (Å²) in [4.78, 5) is 4.24. The van der Waals surface area contributed by atoms with Gasteiger partial charge in [-0.15, -0.1) is 0 Å². The second-order valence-corrected chi connectivity index (χ2v) is 4.89. The van der Waals surface area contributed by atoms with E-state index in [4.69, 9.17) is 17.4 Å². The lowest BCUT2D eigenvalue weighted by Crippen LogP contribution is -2.09. The molecule has 0 aliphatic rings. The Bertz CT molecular complexity index is 816. The van der Waals surface area contributed by atoms with Crippen LogP contribution in [0.25, 0.3) is 22.0 Å². The van der Waals surface area contributed by atoms with Gasteiger partial charge in [-0.1, -0.05) is 17.7 Å². The van der Waals surface area contributed by atoms with Crippen LogP contribution in [0.4, 0.5) is 14.6 Å². The van der Waals surface area contributed by atoms with Gasteiger partial charge in [0.15, 0.2) is 0 Å². The Kier molecular flexibility index (Phi) is 3.45. The molecule has 0 aliphatic heterocycles. The second kappa shape index (κ2) is 5.27. The maximum absolute atomic E-state index is 14.1. The van der Waals surface area contributed by atoms with Gasteiger partial charge in [-0.2, -0.15) is 0 Å². The predicted octanol–water partition coefficient (Wildman–Crippen LogP) is 4.12. The lowest BCUT2D eigenvalue weighted by Gasteiger charge is -2.11. The van der Waals surface area contributed by atoms with Crippen LogP contribution < -0.4 is 11.3 Å². The number of rotatable bonds is 2. The maximum atomic E-state index is 14.1. The molecule has 0 aliphatic carbocycles. The van der Waals surface area contributed by atoms with Gasteiger partial charge in [0.2, 0.25) is 0 Å². The summed E-state index contributed by atoms with van der Waals surface area (Å²) >= 11 is 5.98. The van der Waals surface area contributed by atoms with Crippen molar-refractivity contribution in [3.63, 3.8) is 0 Å². The van der Waals surface area contributed by atoms with Gasteiger partial charge >= 0.3 is 0 Å². The van der Waals surface area contributed by atoms with Crippen molar-refractivity contribution in [3.05, 3.63) is 59.1 Å². The van der Waals surface area contributed by atoms with Gasteiger partial charge in [-0.05, 0) is 36.4 Å². The quantitative estimate of drug-likeness (QED) is 0.553. The first kappa shape index (κ1) is 13.7. The van der Waals surface area contributed by atoms with Crippen molar-refractivity contribution in [2.45, 2.75) is 0 Å². The minimum Gasteiger partial charge on any atom is -0.308 e. The van der Waals surface area contributed by atoms with Gasteiger partial charge in [0.1, 0.15) is 17.5 Å². The van der Waals surface area contributed by atoms with Crippen LogP contribution in [-0.4, -0.2) is 4.98 Å². The van der Waals surface area contributed by atoms with E-state index in [1.165, 1.54) is 24.3 Å². The van der Waals surface area contributed by atoms with Crippen LogP contribution in [0.15, 0.2) is 42.5 Å². The molecular weight excluding hydrogens is 296 g/mol. The highest BCUT2D eigenvalue weighted by Gasteiger charge is 2.16. The predicted molar refractivity (Wildman–Crippen MR) is 79.9 cm³/mol. The lowest BCUT2D eigenvalue weighted by atomic mass is 10.00. The fourth-order valence-corrected chi connectivity index (χ4v) is 2.41. The summed E-state index contributed by atoms with van der Waals surface area (Å²) < 4.78 is 28.1. The van der Waals surface area contributed by atoms with E-state index in [9.17, 15) is 8.78 Å². The van der Waals surface area contributed by atoms with E-state index in [-0.39, 0.29) is 5.56 Å². The Balaban J connectivity index is 2.42. The Labute approximate surface area is 124 Å². The highest BCUT2D eigenvalue weighted by atomic mass is 35.5. The average Bonchev–Trinajstić information content (AvgIpc) is 2.47. The van der Waals surface area contributed by atoms with Gasteiger partial charge in [0.25, 0.3) is 0 Å². The molecule has 3 N–H and O–H groups in total. The number of nitrogens with zero attached hydrogens (tertiary/aromatic N) is 1. The summed E-state index contributed by atoms with van der Waals surface area (Å²) in [5, 5.41) is 1.00. The largest absolute Gasteiger partial charge is 0.308 e. The minimum atomic E-state index is -0.662. The Hall–Kier alpha value is -2.24. The van der Waals surface area contributed by atoms with Crippen LogP contribution in [-0.2, 0) is 0 Å². The molecule has 0 saturated carbocycles. The molecule has 1 aromatic heterocycles. The third kappa shape index (κ3) is 2.41. The first-order valence-corrected chi connectivity index (χ1v) is 6.49. The van der Waals surface area contributed by atoms with E-state index >= 15 is 0 Å². The summed E-state index contributed by atoms with van der Waals surface area (Å²) in [5.74, 6) is 4.35. The molecule has 0 spiro atoms. The summed E-state index contributed by atoms with van der Waals surface area (Å²) in [6.07, 6.45) is 0. The van der Waals surface area contributed by atoms with Crippen molar-refractivity contribution in [2.24, 2.45) is 5.84 Å². The number of hydrogen-bond acceptors (Lipinski definition) is 3. The van der Waals surface area contributed by atoms with E-state index in [2.05, 4.69) is 10.4 Å². The van der Waals surface area contributed by atoms with Crippen LogP contribution >= 0.6 is 11.6 Å². The number of nitrogen functional groups attached to an aromatic ring is 1. The van der Waals surface area contributed by atoms with E-state index in [1.54, 1.807) is 18.2 Å². The number of hydrazine groups is 1.